The third-order valence-electron chi connectivity index (χ3n) is 5.31. The van der Waals surface area contributed by atoms with E-state index in [9.17, 15) is 27.9 Å². The van der Waals surface area contributed by atoms with Crippen LogP contribution in [0.5, 0.6) is 0 Å². The summed E-state index contributed by atoms with van der Waals surface area (Å²) in [5.41, 5.74) is 1.32. The minimum atomic E-state index is -4.34. The van der Waals surface area contributed by atoms with Crippen LogP contribution in [0.25, 0.3) is 0 Å². The van der Waals surface area contributed by atoms with Gasteiger partial charge in [-0.25, -0.2) is 9.78 Å². The number of hydrogen-bond acceptors (Lipinski definition) is 9. The number of β-lactam (4-membered cyclic amide) rings is 1. The Morgan fingerprint density at radius 1 is 1.35 bits per heavy atom. The molecule has 37 heavy (non-hydrogen) atoms. The van der Waals surface area contributed by atoms with E-state index in [1.165, 1.54) is 28.4 Å². The van der Waals surface area contributed by atoms with Crippen LogP contribution in [0.3, 0.4) is 0 Å². The van der Waals surface area contributed by atoms with Gasteiger partial charge in [-0.15, -0.1) is 16.9 Å². The molecule has 0 aromatic carbocycles. The van der Waals surface area contributed by atoms with E-state index in [1.54, 1.807) is 12.4 Å². The quantitative estimate of drug-likeness (QED) is 0.0984. The maximum Gasteiger partial charge on any atom is 0.405 e. The van der Waals surface area contributed by atoms with E-state index in [2.05, 4.69) is 41.3 Å². The number of imidazole rings is 1. The molecule has 0 saturated carbocycles. The Hall–Kier alpha value is -2.99. The average molecular weight is 578 g/mol. The number of aromatic nitrogens is 5. The number of alkyl halides is 3. The molecular formula is C19H22F3N9O3S3. The fourth-order valence-electron chi connectivity index (χ4n) is 3.64. The number of carboxylic acids is 1. The number of thiocarbonyl (C=S) groups is 1. The lowest BCUT2D eigenvalue weighted by molar-refractivity contribution is -0.147. The SMILES string of the molecule is O=C(O)C1=C(CSc2c[nH]nn2)CS[C@@H]2C(Nc3nc(CCCNC(=S)NCC(F)(F)F)c[nH]3)C(=O)N12. The molecule has 200 valence electrons. The van der Waals surface area contributed by atoms with Gasteiger partial charge >= 0.3 is 12.1 Å². The van der Waals surface area contributed by atoms with Crippen molar-refractivity contribution in [1.29, 1.82) is 0 Å². The van der Waals surface area contributed by atoms with Gasteiger partial charge in [-0.1, -0.05) is 17.0 Å². The first kappa shape index (κ1) is 27.1. The second-order valence-corrected chi connectivity index (χ2v) is 10.5. The molecule has 0 bridgehead atoms. The topological polar surface area (TPSA) is 164 Å². The van der Waals surface area contributed by atoms with Gasteiger partial charge in [-0.3, -0.25) is 14.8 Å². The molecule has 2 atom stereocenters. The van der Waals surface area contributed by atoms with Crippen LogP contribution in [0.1, 0.15) is 12.1 Å². The molecular weight excluding hydrogens is 555 g/mol. The van der Waals surface area contributed by atoms with Gasteiger partial charge in [-0.2, -0.15) is 13.2 Å². The summed E-state index contributed by atoms with van der Waals surface area (Å²) in [6.07, 6.45) is 0.0186. The molecule has 6 N–H and O–H groups in total. The molecule has 0 radical (unpaired) electrons. The Kier molecular flexibility index (Phi) is 8.48. The number of aryl methyl sites for hydroxylation is 1. The van der Waals surface area contributed by atoms with Crippen molar-refractivity contribution in [2.24, 2.45) is 0 Å². The van der Waals surface area contributed by atoms with E-state index in [4.69, 9.17) is 12.2 Å². The Morgan fingerprint density at radius 2 is 2.16 bits per heavy atom. The molecule has 0 aliphatic carbocycles. The maximum atomic E-state index is 12.9. The second kappa shape index (κ2) is 11.6. The molecule has 2 aromatic rings. The number of H-pyrrole nitrogens is 2. The number of carboxylic acid groups (broad SMARTS) is 1. The Morgan fingerprint density at radius 3 is 2.86 bits per heavy atom. The molecule has 2 aliphatic heterocycles. The molecule has 4 heterocycles. The van der Waals surface area contributed by atoms with Gasteiger partial charge in [0.25, 0.3) is 5.91 Å². The number of anilines is 1. The van der Waals surface area contributed by atoms with Gasteiger partial charge in [-0.05, 0) is 30.6 Å². The maximum absolute atomic E-state index is 12.9. The number of aromatic amines is 2. The molecule has 18 heteroatoms. The minimum Gasteiger partial charge on any atom is -0.477 e. The second-order valence-electron chi connectivity index (χ2n) is 7.96. The van der Waals surface area contributed by atoms with Gasteiger partial charge in [0.15, 0.2) is 5.11 Å². The summed E-state index contributed by atoms with van der Waals surface area (Å²) >= 11 is 7.61. The van der Waals surface area contributed by atoms with Crippen molar-refractivity contribution >= 4 is 58.7 Å². The largest absolute Gasteiger partial charge is 0.477 e. The van der Waals surface area contributed by atoms with Gasteiger partial charge in [0.2, 0.25) is 5.95 Å². The summed E-state index contributed by atoms with van der Waals surface area (Å²) in [5, 5.41) is 27.9. The van der Waals surface area contributed by atoms with Crippen molar-refractivity contribution in [2.45, 2.75) is 35.5 Å². The first-order valence-corrected chi connectivity index (χ1v) is 13.3. The predicted octanol–water partition coefficient (Wildman–Crippen LogP) is 1.31. The molecule has 12 nitrogen and oxygen atoms in total. The summed E-state index contributed by atoms with van der Waals surface area (Å²) in [4.78, 5) is 33.5. The summed E-state index contributed by atoms with van der Waals surface area (Å²) in [6.45, 7) is -0.841. The lowest BCUT2D eigenvalue weighted by Crippen LogP contribution is -2.67. The highest BCUT2D eigenvalue weighted by atomic mass is 32.2. The molecule has 2 aromatic heterocycles. The Labute approximate surface area is 222 Å². The third kappa shape index (κ3) is 6.86. The highest BCUT2D eigenvalue weighted by molar-refractivity contribution is 8.01. The molecule has 0 spiro atoms. The van der Waals surface area contributed by atoms with Crippen LogP contribution >= 0.6 is 35.7 Å². The molecule has 4 rings (SSSR count). The van der Waals surface area contributed by atoms with Crippen molar-refractivity contribution in [3.8, 4) is 0 Å². The molecule has 2 aliphatic rings. The van der Waals surface area contributed by atoms with Crippen molar-refractivity contribution in [3.63, 3.8) is 0 Å². The van der Waals surface area contributed by atoms with Crippen LogP contribution in [0, 0.1) is 0 Å². The van der Waals surface area contributed by atoms with E-state index in [0.717, 1.165) is 0 Å². The molecule has 1 amide bonds. The zero-order valence-electron chi connectivity index (χ0n) is 19.0. The van der Waals surface area contributed by atoms with E-state index >= 15 is 0 Å². The van der Waals surface area contributed by atoms with Gasteiger partial charge in [0, 0.05) is 24.2 Å². The monoisotopic (exact) mass is 577 g/mol. The van der Waals surface area contributed by atoms with Crippen LogP contribution in [0.4, 0.5) is 19.1 Å². The zero-order valence-corrected chi connectivity index (χ0v) is 21.4. The summed E-state index contributed by atoms with van der Waals surface area (Å²) < 4.78 is 36.6. The van der Waals surface area contributed by atoms with Gasteiger partial charge in [0.1, 0.15) is 28.7 Å². The normalized spacial score (nSPS) is 19.3. The van der Waals surface area contributed by atoms with Crippen LogP contribution in [-0.4, -0.2) is 94.6 Å². The van der Waals surface area contributed by atoms with E-state index in [0.29, 0.717) is 53.1 Å². The summed E-state index contributed by atoms with van der Waals surface area (Å²) in [5.74, 6) is -0.322. The van der Waals surface area contributed by atoms with Crippen LogP contribution in [0.2, 0.25) is 0 Å². The lowest BCUT2D eigenvalue weighted by Gasteiger charge is -2.49. The number of nitrogens with one attached hydrogen (secondary N) is 5. The number of aliphatic carboxylic acids is 1. The van der Waals surface area contributed by atoms with E-state index in [1.807, 2.05) is 0 Å². The number of fused-ring (bicyclic) bond motifs is 1. The average Bonchev–Trinajstić information content (AvgIpc) is 3.53. The smallest absolute Gasteiger partial charge is 0.405 e. The predicted molar refractivity (Wildman–Crippen MR) is 134 cm³/mol. The number of carbonyl (C=O) groups is 2. The van der Waals surface area contributed by atoms with Gasteiger partial charge in [0.05, 0.1) is 11.9 Å². The first-order valence-electron chi connectivity index (χ1n) is 10.9. The lowest BCUT2D eigenvalue weighted by atomic mass is 10.0. The molecule has 1 saturated heterocycles. The number of amides is 1. The zero-order chi connectivity index (χ0) is 26.6. The standard InChI is InChI=1S/C19H22F3N9O3S3/c20-19(21,22)8-25-18(35)23-3-1-2-10-4-24-17(27-10)28-12-14(32)31-13(16(33)34)9(7-37-15(12)31)6-36-11-5-26-30-29-11/h4-5,12,15H,1-3,6-8H2,(H,33,34)(H2,23,25,35)(H2,24,27,28)(H,26,29,30)/t12?,15-/m1/s1. The fraction of sp³-hybridized carbons (Fsp3) is 0.474. The number of thioether (sulfide) groups is 2. The molecule has 1 unspecified atom stereocenters. The number of nitrogens with zero attached hydrogens (tertiary/aromatic N) is 4. The third-order valence-corrected chi connectivity index (χ3v) is 7.92. The highest BCUT2D eigenvalue weighted by Crippen LogP contribution is 2.42. The number of halogens is 3. The fourth-order valence-corrected chi connectivity index (χ4v) is 6.09. The van der Waals surface area contributed by atoms with E-state index < -0.39 is 24.7 Å². The Balaban J connectivity index is 1.26. The van der Waals surface area contributed by atoms with Crippen molar-refractivity contribution < 1.29 is 27.9 Å². The van der Waals surface area contributed by atoms with E-state index in [-0.39, 0.29) is 22.1 Å². The molecule has 1 fully saturated rings. The first-order chi connectivity index (χ1) is 17.6. The Bertz CT molecular complexity index is 1170. The van der Waals surface area contributed by atoms with Gasteiger partial charge < -0.3 is 26.0 Å². The highest BCUT2D eigenvalue weighted by Gasteiger charge is 2.53. The van der Waals surface area contributed by atoms with Crippen molar-refractivity contribution in [1.82, 2.24) is 40.9 Å². The van der Waals surface area contributed by atoms with Crippen LogP contribution in [-0.2, 0) is 16.0 Å². The number of rotatable bonds is 11. The minimum absolute atomic E-state index is 0.00179. The summed E-state index contributed by atoms with van der Waals surface area (Å²) in [6, 6.07) is -0.637. The van der Waals surface area contributed by atoms with Crippen LogP contribution in [0.15, 0.2) is 28.7 Å². The van der Waals surface area contributed by atoms with Crippen LogP contribution < -0.4 is 16.0 Å². The van der Waals surface area contributed by atoms with Crippen molar-refractivity contribution in [3.05, 3.63) is 29.4 Å². The number of hydrogen-bond donors (Lipinski definition) is 6. The summed E-state index contributed by atoms with van der Waals surface area (Å²) in [7, 11) is 0. The number of carbonyl (C=O) groups excluding carboxylic acids is 1. The van der Waals surface area contributed by atoms with Crippen molar-refractivity contribution in [2.75, 3.05) is 29.9 Å².